The zero-order valence-corrected chi connectivity index (χ0v) is 15.0. The van der Waals surface area contributed by atoms with Crippen LogP contribution in [0.15, 0.2) is 0 Å². The van der Waals surface area contributed by atoms with Crippen molar-refractivity contribution in [2.24, 2.45) is 5.41 Å². The molecule has 0 radical (unpaired) electrons. The molecule has 23 heavy (non-hydrogen) atoms. The van der Waals surface area contributed by atoms with Crippen LogP contribution in [0.25, 0.3) is 0 Å². The molecule has 0 saturated carbocycles. The van der Waals surface area contributed by atoms with Gasteiger partial charge in [0.05, 0.1) is 78.8 Å². The highest BCUT2D eigenvalue weighted by molar-refractivity contribution is 4.69. The van der Waals surface area contributed by atoms with Gasteiger partial charge >= 0.3 is 0 Å². The summed E-state index contributed by atoms with van der Waals surface area (Å²) in [6, 6.07) is 0. The largest absolute Gasteiger partial charge is 0.377 e. The summed E-state index contributed by atoms with van der Waals surface area (Å²) in [4.78, 5) is 0. The Hall–Kier alpha value is -0.240. The second-order valence-electron chi connectivity index (χ2n) is 6.78. The van der Waals surface area contributed by atoms with Gasteiger partial charge in [-0.3, -0.25) is 0 Å². The zero-order valence-electron chi connectivity index (χ0n) is 15.0. The number of hydrogen-bond acceptors (Lipinski definition) is 6. The number of ether oxygens (including phenoxy) is 6. The Kier molecular flexibility index (Phi) is 11.8. The molecule has 6 nitrogen and oxygen atoms in total. The molecule has 6 heteroatoms. The maximum absolute atomic E-state index is 5.91. The van der Waals surface area contributed by atoms with Crippen LogP contribution in [0.5, 0.6) is 0 Å². The van der Waals surface area contributed by atoms with E-state index in [9.17, 15) is 0 Å². The molecule has 1 atom stereocenters. The molecule has 0 N–H and O–H groups in total. The van der Waals surface area contributed by atoms with Gasteiger partial charge in [-0.25, -0.2) is 0 Å². The summed E-state index contributed by atoms with van der Waals surface area (Å²) in [7, 11) is 0. The molecule has 1 fully saturated rings. The van der Waals surface area contributed by atoms with Gasteiger partial charge < -0.3 is 28.4 Å². The summed E-state index contributed by atoms with van der Waals surface area (Å²) < 4.78 is 33.4. The lowest BCUT2D eigenvalue weighted by atomic mass is 9.89. The van der Waals surface area contributed by atoms with Crippen LogP contribution >= 0.6 is 0 Å². The molecule has 138 valence electrons. The topological polar surface area (TPSA) is 55.4 Å². The fraction of sp³-hybridized carbons (Fsp3) is 1.00. The molecule has 1 unspecified atom stereocenters. The molecule has 0 aliphatic carbocycles. The molecular weight excluding hydrogens is 300 g/mol. The van der Waals surface area contributed by atoms with E-state index in [0.29, 0.717) is 72.7 Å². The van der Waals surface area contributed by atoms with E-state index in [-0.39, 0.29) is 11.5 Å². The van der Waals surface area contributed by atoms with E-state index in [4.69, 9.17) is 28.4 Å². The molecule has 1 aliphatic rings. The first-order valence-electron chi connectivity index (χ1n) is 8.58. The van der Waals surface area contributed by atoms with Gasteiger partial charge in [-0.05, 0) is 11.8 Å². The van der Waals surface area contributed by atoms with Crippen LogP contribution in [-0.4, -0.2) is 78.8 Å². The van der Waals surface area contributed by atoms with Crippen molar-refractivity contribution >= 4 is 0 Å². The Balaban J connectivity index is 2.30. The highest BCUT2D eigenvalue weighted by Gasteiger charge is 2.19. The van der Waals surface area contributed by atoms with Gasteiger partial charge in [0, 0.05) is 0 Å². The average molecular weight is 334 g/mol. The summed E-state index contributed by atoms with van der Waals surface area (Å²) in [5.41, 5.74) is 0.202. The van der Waals surface area contributed by atoms with Crippen LogP contribution < -0.4 is 0 Å². The number of hydrogen-bond donors (Lipinski definition) is 0. The lowest BCUT2D eigenvalue weighted by molar-refractivity contribution is -0.0699. The van der Waals surface area contributed by atoms with Gasteiger partial charge in [0.15, 0.2) is 0 Å². The predicted molar refractivity (Wildman–Crippen MR) is 87.9 cm³/mol. The van der Waals surface area contributed by atoms with Crippen LogP contribution in [0, 0.1) is 5.41 Å². The first kappa shape index (κ1) is 20.8. The quantitative estimate of drug-likeness (QED) is 0.730. The molecule has 1 heterocycles. The summed E-state index contributed by atoms with van der Waals surface area (Å²) in [5.74, 6) is 0. The van der Waals surface area contributed by atoms with Gasteiger partial charge in [0.2, 0.25) is 0 Å². The SMILES string of the molecule is CC(C)(C)CC1COCCOCCOCCOCCOCCO1. The van der Waals surface area contributed by atoms with Gasteiger partial charge in [-0.1, -0.05) is 20.8 Å². The molecule has 1 aliphatic heterocycles. The smallest absolute Gasteiger partial charge is 0.0814 e. The van der Waals surface area contributed by atoms with Gasteiger partial charge in [-0.2, -0.15) is 0 Å². The first-order chi connectivity index (χ1) is 11.1. The third-order valence-electron chi connectivity index (χ3n) is 3.21. The van der Waals surface area contributed by atoms with Crippen LogP contribution in [0.1, 0.15) is 27.2 Å². The second kappa shape index (κ2) is 13.1. The minimum Gasteiger partial charge on any atom is -0.377 e. The maximum atomic E-state index is 5.91. The fourth-order valence-corrected chi connectivity index (χ4v) is 2.22. The van der Waals surface area contributed by atoms with Crippen LogP contribution in [0.3, 0.4) is 0 Å². The lowest BCUT2D eigenvalue weighted by Gasteiger charge is -2.26. The van der Waals surface area contributed by atoms with Crippen molar-refractivity contribution in [2.45, 2.75) is 33.3 Å². The van der Waals surface area contributed by atoms with Crippen molar-refractivity contribution in [3.05, 3.63) is 0 Å². The van der Waals surface area contributed by atoms with E-state index in [1.54, 1.807) is 0 Å². The molecule has 0 aromatic carbocycles. The Morgan fingerprint density at radius 1 is 0.609 bits per heavy atom. The van der Waals surface area contributed by atoms with E-state index in [0.717, 1.165) is 6.42 Å². The monoisotopic (exact) mass is 334 g/mol. The van der Waals surface area contributed by atoms with E-state index < -0.39 is 0 Å². The fourth-order valence-electron chi connectivity index (χ4n) is 2.22. The van der Waals surface area contributed by atoms with Crippen LogP contribution in [-0.2, 0) is 28.4 Å². The Morgan fingerprint density at radius 3 is 1.43 bits per heavy atom. The first-order valence-corrected chi connectivity index (χ1v) is 8.58. The average Bonchev–Trinajstić information content (AvgIpc) is 2.47. The summed E-state index contributed by atoms with van der Waals surface area (Å²) >= 11 is 0. The second-order valence-corrected chi connectivity index (χ2v) is 6.78. The van der Waals surface area contributed by atoms with Crippen molar-refractivity contribution in [3.8, 4) is 0 Å². The lowest BCUT2D eigenvalue weighted by Crippen LogP contribution is -2.28. The van der Waals surface area contributed by atoms with E-state index in [1.165, 1.54) is 0 Å². The van der Waals surface area contributed by atoms with Crippen LogP contribution in [0.2, 0.25) is 0 Å². The van der Waals surface area contributed by atoms with Crippen molar-refractivity contribution in [2.75, 3.05) is 72.7 Å². The third-order valence-corrected chi connectivity index (χ3v) is 3.21. The summed E-state index contributed by atoms with van der Waals surface area (Å²) in [6.07, 6.45) is 1.03. The standard InChI is InChI=1S/C17H34O6/c1-17(2,3)14-16-15-22-11-10-20-7-6-18-4-5-19-8-9-21-12-13-23-16/h16H,4-15H2,1-3H3. The van der Waals surface area contributed by atoms with Crippen LogP contribution in [0.4, 0.5) is 0 Å². The summed E-state index contributed by atoms with van der Waals surface area (Å²) in [5, 5.41) is 0. The van der Waals surface area contributed by atoms with E-state index in [1.807, 2.05) is 0 Å². The Bertz CT molecular complexity index is 248. The Morgan fingerprint density at radius 2 is 1.00 bits per heavy atom. The molecule has 0 aromatic rings. The van der Waals surface area contributed by atoms with Gasteiger partial charge in [-0.15, -0.1) is 0 Å². The van der Waals surface area contributed by atoms with Crippen molar-refractivity contribution in [3.63, 3.8) is 0 Å². The third kappa shape index (κ3) is 13.9. The molecule has 1 rings (SSSR count). The summed E-state index contributed by atoms with van der Waals surface area (Å²) in [6.45, 7) is 13.0. The molecule has 0 amide bonds. The number of rotatable bonds is 1. The molecular formula is C17H34O6. The molecule has 0 bridgehead atoms. The van der Waals surface area contributed by atoms with Crippen molar-refractivity contribution < 1.29 is 28.4 Å². The van der Waals surface area contributed by atoms with E-state index in [2.05, 4.69) is 20.8 Å². The zero-order chi connectivity index (χ0) is 16.8. The minimum absolute atomic E-state index is 0.0806. The molecule has 1 saturated heterocycles. The maximum Gasteiger partial charge on any atom is 0.0814 e. The molecule has 0 aromatic heterocycles. The normalized spacial score (nSPS) is 25.4. The van der Waals surface area contributed by atoms with Gasteiger partial charge in [0.1, 0.15) is 0 Å². The highest BCUT2D eigenvalue weighted by Crippen LogP contribution is 2.22. The Labute approximate surface area is 140 Å². The predicted octanol–water partition coefficient (Wildman–Crippen LogP) is 1.90. The van der Waals surface area contributed by atoms with E-state index >= 15 is 0 Å². The van der Waals surface area contributed by atoms with Crippen molar-refractivity contribution in [1.82, 2.24) is 0 Å². The molecule has 0 spiro atoms. The minimum atomic E-state index is 0.0806. The van der Waals surface area contributed by atoms with Crippen molar-refractivity contribution in [1.29, 1.82) is 0 Å². The van der Waals surface area contributed by atoms with Gasteiger partial charge in [0.25, 0.3) is 0 Å². The highest BCUT2D eigenvalue weighted by atomic mass is 16.6.